The summed E-state index contributed by atoms with van der Waals surface area (Å²) in [4.78, 5) is 0. The van der Waals surface area contributed by atoms with Gasteiger partial charge in [-0.15, -0.1) is 0 Å². The minimum absolute atomic E-state index is 1.05. The highest BCUT2D eigenvalue weighted by Crippen LogP contribution is 2.22. The number of hydrogen-bond acceptors (Lipinski definition) is 2. The Hall–Kier alpha value is -2.74. The third-order valence-electron chi connectivity index (χ3n) is 4.13. The van der Waals surface area contributed by atoms with Gasteiger partial charge in [-0.2, -0.15) is 0 Å². The standard InChI is InChI=1S/C22H24N2/c1-3-17-7-5-9-21(15-17)23-19-11-13-20(14-12-19)24-22-10-6-8-18(4-2)16-22/h5-16,23-24H,3-4H2,1-2H3. The van der Waals surface area contributed by atoms with Crippen LogP contribution in [-0.4, -0.2) is 0 Å². The topological polar surface area (TPSA) is 24.1 Å². The van der Waals surface area contributed by atoms with Gasteiger partial charge in [0.15, 0.2) is 0 Å². The summed E-state index contributed by atoms with van der Waals surface area (Å²) in [6, 6.07) is 25.5. The van der Waals surface area contributed by atoms with Crippen molar-refractivity contribution < 1.29 is 0 Å². The van der Waals surface area contributed by atoms with Gasteiger partial charge in [0.05, 0.1) is 0 Å². The first-order chi connectivity index (χ1) is 11.8. The summed E-state index contributed by atoms with van der Waals surface area (Å²) < 4.78 is 0. The van der Waals surface area contributed by atoms with Crippen LogP contribution < -0.4 is 10.6 Å². The maximum absolute atomic E-state index is 3.46. The van der Waals surface area contributed by atoms with Crippen LogP contribution in [0.5, 0.6) is 0 Å². The summed E-state index contributed by atoms with van der Waals surface area (Å²) in [5, 5.41) is 6.92. The summed E-state index contributed by atoms with van der Waals surface area (Å²) in [6.07, 6.45) is 2.10. The summed E-state index contributed by atoms with van der Waals surface area (Å²) in [7, 11) is 0. The lowest BCUT2D eigenvalue weighted by Gasteiger charge is -2.11. The number of benzene rings is 3. The van der Waals surface area contributed by atoms with E-state index in [1.807, 2.05) is 0 Å². The second-order valence-electron chi connectivity index (χ2n) is 5.94. The first kappa shape index (κ1) is 16.1. The van der Waals surface area contributed by atoms with Crippen molar-refractivity contribution in [1.82, 2.24) is 0 Å². The van der Waals surface area contributed by atoms with Crippen LogP contribution in [0.1, 0.15) is 25.0 Å². The molecule has 2 N–H and O–H groups in total. The van der Waals surface area contributed by atoms with E-state index in [2.05, 4.69) is 97.3 Å². The molecule has 3 aromatic rings. The van der Waals surface area contributed by atoms with Gasteiger partial charge in [-0.3, -0.25) is 0 Å². The molecule has 3 aromatic carbocycles. The van der Waals surface area contributed by atoms with Crippen LogP contribution in [0.15, 0.2) is 72.8 Å². The lowest BCUT2D eigenvalue weighted by Crippen LogP contribution is -1.94. The van der Waals surface area contributed by atoms with Gasteiger partial charge in [0.1, 0.15) is 0 Å². The zero-order valence-corrected chi connectivity index (χ0v) is 14.3. The molecule has 0 aromatic heterocycles. The molecule has 122 valence electrons. The van der Waals surface area contributed by atoms with E-state index in [1.165, 1.54) is 11.1 Å². The van der Waals surface area contributed by atoms with Crippen LogP contribution in [0, 0.1) is 0 Å². The highest BCUT2D eigenvalue weighted by atomic mass is 14.9. The number of rotatable bonds is 6. The molecule has 0 unspecified atom stereocenters. The van der Waals surface area contributed by atoms with E-state index < -0.39 is 0 Å². The van der Waals surface area contributed by atoms with Crippen LogP contribution in [-0.2, 0) is 12.8 Å². The zero-order chi connectivity index (χ0) is 16.8. The third-order valence-corrected chi connectivity index (χ3v) is 4.13. The van der Waals surface area contributed by atoms with Gasteiger partial charge < -0.3 is 10.6 Å². The van der Waals surface area contributed by atoms with Gasteiger partial charge in [0.25, 0.3) is 0 Å². The highest BCUT2D eigenvalue weighted by molar-refractivity contribution is 5.66. The van der Waals surface area contributed by atoms with Crippen LogP contribution in [0.25, 0.3) is 0 Å². The van der Waals surface area contributed by atoms with Gasteiger partial charge >= 0.3 is 0 Å². The molecule has 0 aliphatic rings. The molecule has 0 spiro atoms. The molecule has 2 nitrogen and oxygen atoms in total. The average Bonchev–Trinajstić information content (AvgIpc) is 2.64. The Morgan fingerprint density at radius 1 is 0.542 bits per heavy atom. The molecule has 0 atom stereocenters. The van der Waals surface area contributed by atoms with E-state index in [0.29, 0.717) is 0 Å². The molecule has 0 amide bonds. The zero-order valence-electron chi connectivity index (χ0n) is 14.3. The molecular weight excluding hydrogens is 292 g/mol. The highest BCUT2D eigenvalue weighted by Gasteiger charge is 1.99. The first-order valence-corrected chi connectivity index (χ1v) is 8.59. The Morgan fingerprint density at radius 3 is 1.33 bits per heavy atom. The second-order valence-corrected chi connectivity index (χ2v) is 5.94. The number of aryl methyl sites for hydroxylation is 2. The Bertz CT molecular complexity index is 723. The monoisotopic (exact) mass is 316 g/mol. The fraction of sp³-hybridized carbons (Fsp3) is 0.182. The molecule has 0 saturated carbocycles. The summed E-state index contributed by atoms with van der Waals surface area (Å²) in [5.74, 6) is 0. The SMILES string of the molecule is CCc1cccc(Nc2ccc(Nc3cccc(CC)c3)cc2)c1. The van der Waals surface area contributed by atoms with Crippen LogP contribution in [0.2, 0.25) is 0 Å². The van der Waals surface area contributed by atoms with E-state index in [0.717, 1.165) is 35.6 Å². The molecule has 24 heavy (non-hydrogen) atoms. The Balaban J connectivity index is 1.68. The molecule has 0 fully saturated rings. The van der Waals surface area contributed by atoms with Gasteiger partial charge in [-0.25, -0.2) is 0 Å². The van der Waals surface area contributed by atoms with Crippen LogP contribution >= 0.6 is 0 Å². The van der Waals surface area contributed by atoms with Crippen molar-refractivity contribution >= 4 is 22.7 Å². The minimum atomic E-state index is 1.05. The number of hydrogen-bond donors (Lipinski definition) is 2. The minimum Gasteiger partial charge on any atom is -0.356 e. The largest absolute Gasteiger partial charge is 0.356 e. The Morgan fingerprint density at radius 2 is 0.958 bits per heavy atom. The molecule has 0 radical (unpaired) electrons. The molecule has 0 aliphatic carbocycles. The van der Waals surface area contributed by atoms with Gasteiger partial charge in [-0.05, 0) is 72.5 Å². The first-order valence-electron chi connectivity index (χ1n) is 8.59. The van der Waals surface area contributed by atoms with Crippen molar-refractivity contribution in [2.24, 2.45) is 0 Å². The molecule has 0 bridgehead atoms. The van der Waals surface area contributed by atoms with E-state index in [4.69, 9.17) is 0 Å². The maximum Gasteiger partial charge on any atom is 0.0386 e. The Kier molecular flexibility index (Phi) is 5.17. The average molecular weight is 316 g/mol. The van der Waals surface area contributed by atoms with Crippen molar-refractivity contribution in [1.29, 1.82) is 0 Å². The molecule has 0 aliphatic heterocycles. The predicted molar refractivity (Wildman–Crippen MR) is 105 cm³/mol. The van der Waals surface area contributed by atoms with Gasteiger partial charge in [0.2, 0.25) is 0 Å². The van der Waals surface area contributed by atoms with Crippen molar-refractivity contribution in [3.63, 3.8) is 0 Å². The lowest BCUT2D eigenvalue weighted by atomic mass is 10.1. The van der Waals surface area contributed by atoms with E-state index in [1.54, 1.807) is 0 Å². The van der Waals surface area contributed by atoms with Gasteiger partial charge in [-0.1, -0.05) is 38.1 Å². The van der Waals surface area contributed by atoms with E-state index in [9.17, 15) is 0 Å². The second kappa shape index (κ2) is 7.69. The maximum atomic E-state index is 3.46. The Labute approximate surface area is 144 Å². The molecule has 3 rings (SSSR count). The number of nitrogens with one attached hydrogen (secondary N) is 2. The fourth-order valence-corrected chi connectivity index (χ4v) is 2.71. The summed E-state index contributed by atoms with van der Waals surface area (Å²) in [5.41, 5.74) is 7.13. The quantitative estimate of drug-likeness (QED) is 0.557. The van der Waals surface area contributed by atoms with Crippen molar-refractivity contribution in [2.75, 3.05) is 10.6 Å². The molecule has 0 saturated heterocycles. The van der Waals surface area contributed by atoms with Crippen LogP contribution in [0.4, 0.5) is 22.7 Å². The number of anilines is 4. The predicted octanol–water partition coefficient (Wildman–Crippen LogP) is 6.30. The van der Waals surface area contributed by atoms with E-state index >= 15 is 0 Å². The van der Waals surface area contributed by atoms with Crippen molar-refractivity contribution in [3.8, 4) is 0 Å². The molecule has 2 heteroatoms. The summed E-state index contributed by atoms with van der Waals surface area (Å²) >= 11 is 0. The van der Waals surface area contributed by atoms with E-state index in [-0.39, 0.29) is 0 Å². The van der Waals surface area contributed by atoms with Gasteiger partial charge in [0, 0.05) is 22.7 Å². The lowest BCUT2D eigenvalue weighted by molar-refractivity contribution is 1.14. The molecule has 0 heterocycles. The van der Waals surface area contributed by atoms with Crippen molar-refractivity contribution in [2.45, 2.75) is 26.7 Å². The smallest absolute Gasteiger partial charge is 0.0386 e. The fourth-order valence-electron chi connectivity index (χ4n) is 2.71. The van der Waals surface area contributed by atoms with Crippen molar-refractivity contribution in [3.05, 3.63) is 83.9 Å². The molecular formula is C22H24N2. The normalized spacial score (nSPS) is 10.4. The summed E-state index contributed by atoms with van der Waals surface area (Å²) in [6.45, 7) is 4.35. The van der Waals surface area contributed by atoms with Crippen LogP contribution in [0.3, 0.4) is 0 Å². The third kappa shape index (κ3) is 4.17.